The number of aromatic nitrogens is 3. The molecule has 5 nitrogen and oxygen atoms in total. The Hall–Kier alpha value is -1.31. The van der Waals surface area contributed by atoms with E-state index in [1.165, 1.54) is 10.7 Å². The van der Waals surface area contributed by atoms with Gasteiger partial charge in [0.1, 0.15) is 11.5 Å². The molecule has 2 aromatic rings. The maximum Gasteiger partial charge on any atom is 0.148 e. The minimum Gasteiger partial charge on any atom is -0.383 e. The summed E-state index contributed by atoms with van der Waals surface area (Å²) in [5.74, 6) is -0.341. The number of nitrogens with zero attached hydrogens (tertiary/aromatic N) is 3. The second-order valence-corrected chi connectivity index (χ2v) is 4.84. The monoisotopic (exact) mass is 328 g/mol. The average Bonchev–Trinajstić information content (AvgIpc) is 2.86. The van der Waals surface area contributed by atoms with Crippen LogP contribution in [-0.4, -0.2) is 35.3 Å². The summed E-state index contributed by atoms with van der Waals surface area (Å²) in [4.78, 5) is 0. The van der Waals surface area contributed by atoms with Crippen molar-refractivity contribution >= 4 is 15.9 Å². The van der Waals surface area contributed by atoms with Crippen molar-refractivity contribution < 1.29 is 9.13 Å². The summed E-state index contributed by atoms with van der Waals surface area (Å²) in [5, 5.41) is 11.1. The number of hydrogen-bond donors (Lipinski definition) is 1. The van der Waals surface area contributed by atoms with Crippen LogP contribution in [0, 0.1) is 5.82 Å². The van der Waals surface area contributed by atoms with E-state index in [-0.39, 0.29) is 5.82 Å². The van der Waals surface area contributed by atoms with E-state index >= 15 is 0 Å². The van der Waals surface area contributed by atoms with Crippen molar-refractivity contribution in [1.29, 1.82) is 0 Å². The standard InChI is InChI=1S/C12H14BrFN4O/c1-19-5-4-15-7-10-8-18(17-16-10)12-6-9(13)2-3-11(12)14/h2-3,6,8,15H,4-5,7H2,1H3. The van der Waals surface area contributed by atoms with E-state index in [0.717, 1.165) is 16.7 Å². The number of halogens is 2. The number of hydrogen-bond acceptors (Lipinski definition) is 4. The third-order valence-electron chi connectivity index (χ3n) is 2.48. The van der Waals surface area contributed by atoms with Crippen LogP contribution in [0.3, 0.4) is 0 Å². The summed E-state index contributed by atoms with van der Waals surface area (Å²) in [7, 11) is 1.65. The van der Waals surface area contributed by atoms with E-state index in [2.05, 4.69) is 31.6 Å². The summed E-state index contributed by atoms with van der Waals surface area (Å²) < 4.78 is 20.8. The normalized spacial score (nSPS) is 10.9. The van der Waals surface area contributed by atoms with Crippen LogP contribution in [0.5, 0.6) is 0 Å². The lowest BCUT2D eigenvalue weighted by Gasteiger charge is -2.02. The lowest BCUT2D eigenvalue weighted by atomic mass is 10.3. The maximum absolute atomic E-state index is 13.7. The Balaban J connectivity index is 2.06. The summed E-state index contributed by atoms with van der Waals surface area (Å²) in [6.07, 6.45) is 1.70. The van der Waals surface area contributed by atoms with Gasteiger partial charge >= 0.3 is 0 Å². The smallest absolute Gasteiger partial charge is 0.148 e. The van der Waals surface area contributed by atoms with Gasteiger partial charge < -0.3 is 10.1 Å². The Bertz CT molecular complexity index is 546. The topological polar surface area (TPSA) is 52.0 Å². The second kappa shape index (κ2) is 6.74. The molecule has 1 N–H and O–H groups in total. The zero-order chi connectivity index (χ0) is 13.7. The highest BCUT2D eigenvalue weighted by Gasteiger charge is 2.08. The van der Waals surface area contributed by atoms with Gasteiger partial charge in [-0.25, -0.2) is 9.07 Å². The quantitative estimate of drug-likeness (QED) is 0.823. The van der Waals surface area contributed by atoms with Crippen LogP contribution in [0.4, 0.5) is 4.39 Å². The van der Waals surface area contributed by atoms with Gasteiger partial charge in [-0.3, -0.25) is 0 Å². The first-order valence-corrected chi connectivity index (χ1v) is 6.56. The fraction of sp³-hybridized carbons (Fsp3) is 0.333. The number of rotatable bonds is 6. The van der Waals surface area contributed by atoms with Gasteiger partial charge in [0, 0.05) is 24.7 Å². The van der Waals surface area contributed by atoms with Crippen molar-refractivity contribution in [1.82, 2.24) is 20.3 Å². The second-order valence-electron chi connectivity index (χ2n) is 3.92. The van der Waals surface area contributed by atoms with E-state index in [9.17, 15) is 4.39 Å². The van der Waals surface area contributed by atoms with Gasteiger partial charge in [-0.1, -0.05) is 21.1 Å². The molecule has 102 valence electrons. The summed E-state index contributed by atoms with van der Waals surface area (Å²) >= 11 is 3.31. The van der Waals surface area contributed by atoms with Crippen LogP contribution in [0.1, 0.15) is 5.69 Å². The fourth-order valence-electron chi connectivity index (χ4n) is 1.55. The summed E-state index contributed by atoms with van der Waals surface area (Å²) in [6.45, 7) is 1.93. The van der Waals surface area contributed by atoms with Crippen LogP contribution < -0.4 is 5.32 Å². The van der Waals surface area contributed by atoms with E-state index in [1.54, 1.807) is 25.4 Å². The Morgan fingerprint density at radius 3 is 3.11 bits per heavy atom. The number of ether oxygens (including phenoxy) is 1. The van der Waals surface area contributed by atoms with Gasteiger partial charge in [0.05, 0.1) is 18.5 Å². The zero-order valence-electron chi connectivity index (χ0n) is 10.4. The molecule has 0 unspecified atom stereocenters. The molecule has 0 amide bonds. The third kappa shape index (κ3) is 3.82. The molecule has 1 heterocycles. The molecule has 0 aliphatic rings. The van der Waals surface area contributed by atoms with Crippen LogP contribution in [0.2, 0.25) is 0 Å². The molecule has 0 atom stereocenters. The summed E-state index contributed by atoms with van der Waals surface area (Å²) in [6, 6.07) is 4.69. The Morgan fingerprint density at radius 1 is 1.47 bits per heavy atom. The number of nitrogens with one attached hydrogen (secondary N) is 1. The number of benzene rings is 1. The molecule has 19 heavy (non-hydrogen) atoms. The highest BCUT2D eigenvalue weighted by atomic mass is 79.9. The first-order chi connectivity index (χ1) is 9.20. The first kappa shape index (κ1) is 14.1. The SMILES string of the molecule is COCCNCc1cn(-c2cc(Br)ccc2F)nn1. The molecule has 0 saturated carbocycles. The molecule has 1 aromatic heterocycles. The molecule has 0 aliphatic heterocycles. The van der Waals surface area contributed by atoms with Crippen LogP contribution in [-0.2, 0) is 11.3 Å². The molecule has 1 aromatic carbocycles. The minimum absolute atomic E-state index is 0.341. The fourth-order valence-corrected chi connectivity index (χ4v) is 1.90. The largest absolute Gasteiger partial charge is 0.383 e. The van der Waals surface area contributed by atoms with Crippen molar-refractivity contribution in [2.75, 3.05) is 20.3 Å². The van der Waals surface area contributed by atoms with Gasteiger partial charge in [0.2, 0.25) is 0 Å². The van der Waals surface area contributed by atoms with E-state index in [0.29, 0.717) is 18.8 Å². The molecule has 0 spiro atoms. The Morgan fingerprint density at radius 2 is 2.32 bits per heavy atom. The number of methoxy groups -OCH3 is 1. The molecular formula is C12H14BrFN4O. The maximum atomic E-state index is 13.7. The van der Waals surface area contributed by atoms with Gasteiger partial charge in [0.15, 0.2) is 0 Å². The minimum atomic E-state index is -0.341. The van der Waals surface area contributed by atoms with Crippen molar-refractivity contribution in [3.8, 4) is 5.69 Å². The highest BCUT2D eigenvalue weighted by molar-refractivity contribution is 9.10. The van der Waals surface area contributed by atoms with Gasteiger partial charge in [0.25, 0.3) is 0 Å². The molecule has 0 saturated heterocycles. The van der Waals surface area contributed by atoms with Crippen molar-refractivity contribution in [2.24, 2.45) is 0 Å². The molecule has 0 fully saturated rings. The van der Waals surface area contributed by atoms with Gasteiger partial charge in [-0.2, -0.15) is 0 Å². The lowest BCUT2D eigenvalue weighted by molar-refractivity contribution is 0.199. The van der Waals surface area contributed by atoms with Crippen LogP contribution in [0.15, 0.2) is 28.9 Å². The van der Waals surface area contributed by atoms with Gasteiger partial charge in [-0.15, -0.1) is 5.10 Å². The Labute approximate surface area is 118 Å². The van der Waals surface area contributed by atoms with Gasteiger partial charge in [-0.05, 0) is 18.2 Å². The average molecular weight is 329 g/mol. The predicted octanol–water partition coefficient (Wildman–Crippen LogP) is 1.90. The first-order valence-electron chi connectivity index (χ1n) is 5.77. The van der Waals surface area contributed by atoms with Crippen LogP contribution >= 0.6 is 15.9 Å². The van der Waals surface area contributed by atoms with E-state index in [1.807, 2.05) is 0 Å². The summed E-state index contributed by atoms with van der Waals surface area (Å²) in [5.41, 5.74) is 1.11. The zero-order valence-corrected chi connectivity index (χ0v) is 12.0. The molecule has 0 bridgehead atoms. The van der Waals surface area contributed by atoms with Crippen LogP contribution in [0.25, 0.3) is 5.69 Å². The van der Waals surface area contributed by atoms with Crippen molar-refractivity contribution in [3.05, 3.63) is 40.4 Å². The molecule has 7 heteroatoms. The molecule has 2 rings (SSSR count). The van der Waals surface area contributed by atoms with Crippen molar-refractivity contribution in [3.63, 3.8) is 0 Å². The third-order valence-corrected chi connectivity index (χ3v) is 2.98. The van der Waals surface area contributed by atoms with E-state index < -0.39 is 0 Å². The van der Waals surface area contributed by atoms with E-state index in [4.69, 9.17) is 4.74 Å². The Kier molecular flexibility index (Phi) is 5.00. The van der Waals surface area contributed by atoms with Crippen molar-refractivity contribution in [2.45, 2.75) is 6.54 Å². The lowest BCUT2D eigenvalue weighted by Crippen LogP contribution is -2.18. The molecular weight excluding hydrogens is 315 g/mol. The molecule has 0 radical (unpaired) electrons. The highest BCUT2D eigenvalue weighted by Crippen LogP contribution is 2.18. The molecule has 0 aliphatic carbocycles. The predicted molar refractivity (Wildman–Crippen MR) is 72.6 cm³/mol.